The van der Waals surface area contributed by atoms with Crippen molar-refractivity contribution < 1.29 is 4.79 Å². The number of rotatable bonds is 4. The first-order chi connectivity index (χ1) is 9.65. The number of anilines is 1. The Kier molecular flexibility index (Phi) is 4.95. The molecule has 20 heavy (non-hydrogen) atoms. The van der Waals surface area contributed by atoms with Crippen molar-refractivity contribution >= 4 is 11.7 Å². The first-order valence-electron chi connectivity index (χ1n) is 7.35. The van der Waals surface area contributed by atoms with Gasteiger partial charge in [-0.15, -0.1) is 0 Å². The minimum Gasteiger partial charge on any atom is -0.339 e. The van der Waals surface area contributed by atoms with Crippen LogP contribution in [0.15, 0.2) is 18.3 Å². The minimum absolute atomic E-state index is 0.0452. The second-order valence-corrected chi connectivity index (χ2v) is 5.57. The third-order valence-corrected chi connectivity index (χ3v) is 4.42. The van der Waals surface area contributed by atoms with Crippen molar-refractivity contribution in [3.63, 3.8) is 0 Å². The number of hydrogen-bond donors (Lipinski definition) is 2. The average Bonchev–Trinajstić information content (AvgIpc) is 2.53. The van der Waals surface area contributed by atoms with E-state index in [0.717, 1.165) is 18.8 Å². The normalized spacial score (nSPS) is 22.4. The number of nitrogen functional groups attached to an aromatic ring is 1. The van der Waals surface area contributed by atoms with Gasteiger partial charge in [-0.25, -0.2) is 10.8 Å². The van der Waals surface area contributed by atoms with Gasteiger partial charge in [0, 0.05) is 24.8 Å². The molecule has 0 aliphatic heterocycles. The number of carbonyl (C=O) groups excluding carboxylic acids is 1. The van der Waals surface area contributed by atoms with Crippen LogP contribution >= 0.6 is 0 Å². The number of amides is 1. The predicted molar refractivity (Wildman–Crippen MR) is 80.2 cm³/mol. The van der Waals surface area contributed by atoms with Gasteiger partial charge in [0.1, 0.15) is 5.82 Å². The van der Waals surface area contributed by atoms with Crippen LogP contribution in [0.1, 0.15) is 49.4 Å². The van der Waals surface area contributed by atoms with E-state index >= 15 is 0 Å². The summed E-state index contributed by atoms with van der Waals surface area (Å²) in [6.07, 6.45) is 7.52. The molecule has 0 saturated heterocycles. The van der Waals surface area contributed by atoms with Crippen LogP contribution < -0.4 is 11.3 Å². The summed E-state index contributed by atoms with van der Waals surface area (Å²) in [5.74, 6) is 6.73. The quantitative estimate of drug-likeness (QED) is 0.654. The van der Waals surface area contributed by atoms with Gasteiger partial charge in [-0.1, -0.05) is 13.3 Å². The van der Waals surface area contributed by atoms with Gasteiger partial charge < -0.3 is 10.3 Å². The molecule has 3 N–H and O–H groups in total. The Bertz CT molecular complexity index is 455. The zero-order valence-corrected chi connectivity index (χ0v) is 12.3. The monoisotopic (exact) mass is 276 g/mol. The molecule has 1 amide bonds. The average molecular weight is 276 g/mol. The van der Waals surface area contributed by atoms with E-state index in [1.165, 1.54) is 19.3 Å². The molecule has 5 heteroatoms. The fourth-order valence-corrected chi connectivity index (χ4v) is 2.95. The fourth-order valence-electron chi connectivity index (χ4n) is 2.95. The van der Waals surface area contributed by atoms with E-state index in [4.69, 9.17) is 5.84 Å². The number of carbonyl (C=O) groups is 1. The number of hydrazine groups is 1. The van der Waals surface area contributed by atoms with E-state index in [0.29, 0.717) is 17.4 Å². The molecule has 0 radical (unpaired) electrons. The standard InChI is InChI=1S/C15H24N4O/c1-3-11-4-6-13(7-5-11)19(2)15(20)12-8-9-17-14(10-12)18-16/h8-11,13H,3-7,16H2,1-2H3,(H,17,18). The summed E-state index contributed by atoms with van der Waals surface area (Å²) in [6.45, 7) is 2.25. The lowest BCUT2D eigenvalue weighted by Crippen LogP contribution is -2.39. The van der Waals surface area contributed by atoms with Crippen molar-refractivity contribution in [2.75, 3.05) is 12.5 Å². The number of nitrogens with two attached hydrogens (primary N) is 1. The Hall–Kier alpha value is -1.62. The van der Waals surface area contributed by atoms with Crippen LogP contribution in [0.3, 0.4) is 0 Å². The van der Waals surface area contributed by atoms with Crippen molar-refractivity contribution in [2.24, 2.45) is 11.8 Å². The Morgan fingerprint density at radius 1 is 1.45 bits per heavy atom. The highest BCUT2D eigenvalue weighted by atomic mass is 16.2. The van der Waals surface area contributed by atoms with Gasteiger partial charge in [0.25, 0.3) is 5.91 Å². The van der Waals surface area contributed by atoms with Crippen molar-refractivity contribution in [3.8, 4) is 0 Å². The molecule has 110 valence electrons. The highest BCUT2D eigenvalue weighted by molar-refractivity contribution is 5.94. The Morgan fingerprint density at radius 3 is 2.75 bits per heavy atom. The predicted octanol–water partition coefficient (Wildman–Crippen LogP) is 2.41. The van der Waals surface area contributed by atoms with Gasteiger partial charge in [-0.05, 0) is 43.7 Å². The lowest BCUT2D eigenvalue weighted by molar-refractivity contribution is 0.0674. The van der Waals surface area contributed by atoms with E-state index < -0.39 is 0 Å². The lowest BCUT2D eigenvalue weighted by Gasteiger charge is -2.34. The van der Waals surface area contributed by atoms with E-state index in [1.54, 1.807) is 18.3 Å². The van der Waals surface area contributed by atoms with Crippen molar-refractivity contribution in [3.05, 3.63) is 23.9 Å². The first kappa shape index (κ1) is 14.8. The lowest BCUT2D eigenvalue weighted by atomic mass is 9.84. The van der Waals surface area contributed by atoms with E-state index in [-0.39, 0.29) is 5.91 Å². The molecule has 0 aromatic carbocycles. The van der Waals surface area contributed by atoms with Gasteiger partial charge in [0.15, 0.2) is 0 Å². The number of nitrogens with zero attached hydrogens (tertiary/aromatic N) is 2. The highest BCUT2D eigenvalue weighted by Gasteiger charge is 2.26. The Balaban J connectivity index is 2.01. The molecule has 1 aliphatic carbocycles. The van der Waals surface area contributed by atoms with Gasteiger partial charge in [0.2, 0.25) is 0 Å². The van der Waals surface area contributed by atoms with E-state index in [1.807, 2.05) is 11.9 Å². The molecule has 5 nitrogen and oxygen atoms in total. The molecule has 1 fully saturated rings. The first-order valence-corrected chi connectivity index (χ1v) is 7.35. The minimum atomic E-state index is 0.0452. The zero-order valence-electron chi connectivity index (χ0n) is 12.3. The molecule has 1 aliphatic rings. The zero-order chi connectivity index (χ0) is 14.5. The van der Waals surface area contributed by atoms with Crippen LogP contribution in [0.5, 0.6) is 0 Å². The van der Waals surface area contributed by atoms with Crippen LogP contribution in [-0.4, -0.2) is 28.9 Å². The molecule has 2 rings (SSSR count). The maximum Gasteiger partial charge on any atom is 0.254 e. The Morgan fingerprint density at radius 2 is 2.15 bits per heavy atom. The van der Waals surface area contributed by atoms with Crippen LogP contribution in [0.25, 0.3) is 0 Å². The molecule has 1 aromatic rings. The number of aromatic nitrogens is 1. The van der Waals surface area contributed by atoms with Gasteiger partial charge in [-0.3, -0.25) is 4.79 Å². The van der Waals surface area contributed by atoms with Crippen molar-refractivity contribution in [1.82, 2.24) is 9.88 Å². The summed E-state index contributed by atoms with van der Waals surface area (Å²) in [5.41, 5.74) is 3.10. The van der Waals surface area contributed by atoms with Crippen LogP contribution in [0.2, 0.25) is 0 Å². The largest absolute Gasteiger partial charge is 0.339 e. The summed E-state index contributed by atoms with van der Waals surface area (Å²) >= 11 is 0. The van der Waals surface area contributed by atoms with Gasteiger partial charge in [0.05, 0.1) is 0 Å². The summed E-state index contributed by atoms with van der Waals surface area (Å²) in [5, 5.41) is 0. The number of pyridine rings is 1. The second-order valence-electron chi connectivity index (χ2n) is 5.57. The van der Waals surface area contributed by atoms with Crippen LogP contribution in [0, 0.1) is 5.92 Å². The fraction of sp³-hybridized carbons (Fsp3) is 0.600. The topological polar surface area (TPSA) is 71.2 Å². The van der Waals surface area contributed by atoms with Crippen molar-refractivity contribution in [1.29, 1.82) is 0 Å². The maximum absolute atomic E-state index is 12.5. The second kappa shape index (κ2) is 6.70. The smallest absolute Gasteiger partial charge is 0.254 e. The van der Waals surface area contributed by atoms with Crippen LogP contribution in [-0.2, 0) is 0 Å². The summed E-state index contributed by atoms with van der Waals surface area (Å²) < 4.78 is 0. The summed E-state index contributed by atoms with van der Waals surface area (Å²) in [4.78, 5) is 18.4. The van der Waals surface area contributed by atoms with Gasteiger partial charge in [-0.2, -0.15) is 0 Å². The number of nitrogens with one attached hydrogen (secondary N) is 1. The molecule has 0 unspecified atom stereocenters. The molecule has 1 aromatic heterocycles. The Labute approximate surface area is 120 Å². The molecular weight excluding hydrogens is 252 g/mol. The van der Waals surface area contributed by atoms with Crippen LogP contribution in [0.4, 0.5) is 5.82 Å². The SMILES string of the molecule is CCC1CCC(N(C)C(=O)c2ccnc(NN)c2)CC1. The molecule has 1 heterocycles. The number of hydrogen-bond acceptors (Lipinski definition) is 4. The highest BCUT2D eigenvalue weighted by Crippen LogP contribution is 2.29. The molecule has 0 spiro atoms. The molecule has 0 atom stereocenters. The summed E-state index contributed by atoms with van der Waals surface area (Å²) in [6, 6.07) is 3.78. The van der Waals surface area contributed by atoms with E-state index in [9.17, 15) is 4.79 Å². The third-order valence-electron chi connectivity index (χ3n) is 4.42. The molecule has 0 bridgehead atoms. The van der Waals surface area contributed by atoms with E-state index in [2.05, 4.69) is 17.3 Å². The maximum atomic E-state index is 12.5. The van der Waals surface area contributed by atoms with Gasteiger partial charge >= 0.3 is 0 Å². The summed E-state index contributed by atoms with van der Waals surface area (Å²) in [7, 11) is 1.90. The molecular formula is C15H24N4O. The molecule has 1 saturated carbocycles. The van der Waals surface area contributed by atoms with Crippen molar-refractivity contribution in [2.45, 2.75) is 45.1 Å². The third kappa shape index (κ3) is 3.28.